The highest BCUT2D eigenvalue weighted by Crippen LogP contribution is 2.57. The SMILES string of the molecule is O=c1ccn([C@@H]2O[C@H](COP(=O)(O)OP(=O)(O)O)[C@@H](O)[C@H]2O)c(=O)[nH]1.OC[C@H]1O[C@@H](O)[C@H](O)[C@@H](O)[C@H]1O. The summed E-state index contributed by atoms with van der Waals surface area (Å²) in [4.78, 5) is 50.7. The number of rotatable bonds is 7. The largest absolute Gasteiger partial charge is 0.481 e. The monoisotopic (exact) mass is 584 g/mol. The molecule has 2 aliphatic heterocycles. The fraction of sp³-hybridized carbons (Fsp3) is 0.733. The molecule has 20 nitrogen and oxygen atoms in total. The highest BCUT2D eigenvalue weighted by Gasteiger charge is 2.46. The van der Waals surface area contributed by atoms with E-state index in [4.69, 9.17) is 44.9 Å². The summed E-state index contributed by atoms with van der Waals surface area (Å²) in [5, 5.41) is 64.4. The van der Waals surface area contributed by atoms with Gasteiger partial charge in [0.2, 0.25) is 0 Å². The molecule has 3 rings (SSSR count). The molecular weight excluding hydrogens is 558 g/mol. The van der Waals surface area contributed by atoms with Crippen molar-refractivity contribution in [2.45, 2.75) is 55.2 Å². The molecule has 10 atom stereocenters. The van der Waals surface area contributed by atoms with Crippen molar-refractivity contribution < 1.29 is 77.9 Å². The van der Waals surface area contributed by atoms with E-state index in [0.29, 0.717) is 0 Å². The molecule has 2 aliphatic rings. The topological polar surface area (TPSA) is 328 Å². The molecule has 0 amide bonds. The number of aliphatic hydroxyl groups is 7. The van der Waals surface area contributed by atoms with Crippen molar-refractivity contribution in [2.75, 3.05) is 13.2 Å². The van der Waals surface area contributed by atoms with Crippen LogP contribution in [0.3, 0.4) is 0 Å². The highest BCUT2D eigenvalue weighted by molar-refractivity contribution is 7.60. The first-order valence-electron chi connectivity index (χ1n) is 10.0. The molecule has 11 N–H and O–H groups in total. The zero-order valence-corrected chi connectivity index (χ0v) is 20.1. The Kier molecular flexibility index (Phi) is 10.8. The Bertz CT molecular complexity index is 1100. The average Bonchev–Trinajstić information content (AvgIpc) is 3.06. The summed E-state index contributed by atoms with van der Waals surface area (Å²) >= 11 is 0. The van der Waals surface area contributed by atoms with Gasteiger partial charge in [-0.25, -0.2) is 13.9 Å². The lowest BCUT2D eigenvalue weighted by Crippen LogP contribution is -2.58. The summed E-state index contributed by atoms with van der Waals surface area (Å²) in [6, 6.07) is 0.962. The van der Waals surface area contributed by atoms with Crippen LogP contribution in [0.4, 0.5) is 0 Å². The summed E-state index contributed by atoms with van der Waals surface area (Å²) < 4.78 is 40.2. The molecule has 1 unspecified atom stereocenters. The molecule has 0 bridgehead atoms. The van der Waals surface area contributed by atoms with Gasteiger partial charge < -0.3 is 59.9 Å². The lowest BCUT2D eigenvalue weighted by molar-refractivity contribution is -0.286. The predicted octanol–water partition coefficient (Wildman–Crippen LogP) is -5.84. The maximum absolute atomic E-state index is 11.7. The third kappa shape index (κ3) is 8.53. The standard InChI is InChI=1S/C9H14N2O12P2.C6H12O6/c12-5-1-2-11(9(15)10-5)8-7(14)6(13)4(22-8)3-21-25(19,20)23-24(16,17)18;7-1-2-3(8)4(9)5(10)6(11)12-2/h1-2,4,6-8,13-14H,3H2,(H,19,20)(H,10,12,15)(H2,16,17,18);2-11H,1H2/t4-,6-,7-,8-;2-,3+,4+,5-,6-/m11/s1. The van der Waals surface area contributed by atoms with Crippen LogP contribution in [0.2, 0.25) is 0 Å². The number of hydrogen-bond acceptors (Lipinski definition) is 15. The molecule has 0 aliphatic carbocycles. The van der Waals surface area contributed by atoms with Crippen molar-refractivity contribution in [3.63, 3.8) is 0 Å². The molecule has 2 saturated heterocycles. The Labute approximate surface area is 205 Å². The Balaban J connectivity index is 0.000000335. The van der Waals surface area contributed by atoms with Crippen LogP contribution in [0.1, 0.15) is 6.23 Å². The van der Waals surface area contributed by atoms with Crippen LogP contribution in [-0.2, 0) is 27.4 Å². The van der Waals surface area contributed by atoms with Crippen LogP contribution >= 0.6 is 15.6 Å². The number of phosphoric ester groups is 1. The fourth-order valence-corrected chi connectivity index (χ4v) is 4.73. The third-order valence-electron chi connectivity index (χ3n) is 4.94. The molecule has 0 radical (unpaired) electrons. The smallest absolute Gasteiger partial charge is 0.394 e. The number of H-pyrrole nitrogens is 1. The number of phosphoric acid groups is 2. The van der Waals surface area contributed by atoms with E-state index >= 15 is 0 Å². The quantitative estimate of drug-likeness (QED) is 0.133. The van der Waals surface area contributed by atoms with Gasteiger partial charge in [-0.1, -0.05) is 0 Å². The lowest BCUT2D eigenvalue weighted by atomic mass is 10.00. The van der Waals surface area contributed by atoms with Crippen molar-refractivity contribution in [3.8, 4) is 0 Å². The van der Waals surface area contributed by atoms with Gasteiger partial charge in [0.15, 0.2) is 12.5 Å². The fourth-order valence-electron chi connectivity index (χ4n) is 3.13. The minimum atomic E-state index is -5.32. The molecule has 1 aromatic rings. The summed E-state index contributed by atoms with van der Waals surface area (Å²) in [6.45, 7) is -1.43. The van der Waals surface area contributed by atoms with Crippen molar-refractivity contribution in [3.05, 3.63) is 33.1 Å². The maximum atomic E-state index is 11.7. The number of aromatic amines is 1. The zero-order valence-electron chi connectivity index (χ0n) is 18.3. The van der Waals surface area contributed by atoms with Gasteiger partial charge in [-0.05, 0) is 0 Å². The minimum Gasteiger partial charge on any atom is -0.394 e. The average molecular weight is 584 g/mol. The second kappa shape index (κ2) is 12.6. The van der Waals surface area contributed by atoms with Gasteiger partial charge in [0, 0.05) is 12.3 Å². The number of nitrogens with one attached hydrogen (secondary N) is 1. The van der Waals surface area contributed by atoms with Crippen LogP contribution < -0.4 is 11.2 Å². The number of hydrogen-bond donors (Lipinski definition) is 11. The first-order valence-corrected chi connectivity index (χ1v) is 13.1. The zero-order chi connectivity index (χ0) is 28.3. The van der Waals surface area contributed by atoms with Crippen LogP contribution in [0.15, 0.2) is 21.9 Å². The minimum absolute atomic E-state index is 0.526. The van der Waals surface area contributed by atoms with Gasteiger partial charge in [-0.2, -0.15) is 4.31 Å². The molecule has 22 heteroatoms. The van der Waals surface area contributed by atoms with Gasteiger partial charge in [0.05, 0.1) is 13.2 Å². The van der Waals surface area contributed by atoms with Crippen LogP contribution in [-0.4, -0.2) is 122 Å². The number of aliphatic hydroxyl groups excluding tert-OH is 7. The van der Waals surface area contributed by atoms with E-state index in [1.165, 1.54) is 0 Å². The Hall–Kier alpha value is -1.42. The molecule has 214 valence electrons. The van der Waals surface area contributed by atoms with Crippen molar-refractivity contribution in [2.24, 2.45) is 0 Å². The Morgan fingerprint density at radius 3 is 2.03 bits per heavy atom. The predicted molar refractivity (Wildman–Crippen MR) is 112 cm³/mol. The molecule has 3 heterocycles. The van der Waals surface area contributed by atoms with E-state index in [-0.39, 0.29) is 0 Å². The summed E-state index contributed by atoms with van der Waals surface area (Å²) in [5.41, 5.74) is -1.65. The van der Waals surface area contributed by atoms with Gasteiger partial charge in [-0.15, -0.1) is 0 Å². The van der Waals surface area contributed by atoms with Gasteiger partial charge >= 0.3 is 21.3 Å². The number of aromatic nitrogens is 2. The van der Waals surface area contributed by atoms with Crippen LogP contribution in [0, 0.1) is 0 Å². The van der Waals surface area contributed by atoms with Crippen LogP contribution in [0.25, 0.3) is 0 Å². The molecule has 2 fully saturated rings. The molecule has 37 heavy (non-hydrogen) atoms. The summed E-state index contributed by atoms with van der Waals surface area (Å²) in [6.07, 6.45) is -12.3. The van der Waals surface area contributed by atoms with E-state index in [2.05, 4.69) is 13.6 Å². The Morgan fingerprint density at radius 2 is 1.49 bits per heavy atom. The lowest BCUT2D eigenvalue weighted by Gasteiger charge is -2.37. The highest BCUT2D eigenvalue weighted by atomic mass is 31.3. The van der Waals surface area contributed by atoms with Gasteiger partial charge in [-0.3, -0.25) is 18.9 Å². The molecule has 0 saturated carbocycles. The maximum Gasteiger partial charge on any atom is 0.481 e. The first-order chi connectivity index (χ1) is 17.0. The Morgan fingerprint density at radius 1 is 0.892 bits per heavy atom. The second-order valence-corrected chi connectivity index (χ2v) is 10.4. The van der Waals surface area contributed by atoms with Gasteiger partial charge in [0.1, 0.15) is 42.7 Å². The first kappa shape index (κ1) is 31.8. The number of ether oxygens (including phenoxy) is 2. The van der Waals surface area contributed by atoms with E-state index < -0.39 is 95.4 Å². The van der Waals surface area contributed by atoms with E-state index in [1.807, 2.05) is 4.98 Å². The van der Waals surface area contributed by atoms with Crippen molar-refractivity contribution in [1.82, 2.24) is 9.55 Å². The second-order valence-electron chi connectivity index (χ2n) is 7.62. The molecule has 0 aromatic carbocycles. The molecular formula is C15H26N2O18P2. The van der Waals surface area contributed by atoms with Gasteiger partial charge in [0.25, 0.3) is 5.56 Å². The van der Waals surface area contributed by atoms with Crippen molar-refractivity contribution in [1.29, 1.82) is 0 Å². The molecule has 1 aromatic heterocycles. The summed E-state index contributed by atoms with van der Waals surface area (Å²) in [7, 11) is -10.5. The van der Waals surface area contributed by atoms with E-state index in [9.17, 15) is 28.9 Å². The van der Waals surface area contributed by atoms with E-state index in [1.54, 1.807) is 0 Å². The van der Waals surface area contributed by atoms with Crippen LogP contribution in [0.5, 0.6) is 0 Å². The summed E-state index contributed by atoms with van der Waals surface area (Å²) in [5.74, 6) is 0. The molecule has 0 spiro atoms. The third-order valence-corrected chi connectivity index (χ3v) is 7.09. The van der Waals surface area contributed by atoms with E-state index in [0.717, 1.165) is 16.8 Å². The number of nitrogens with zero attached hydrogens (tertiary/aromatic N) is 1. The van der Waals surface area contributed by atoms with Crippen molar-refractivity contribution >= 4 is 15.6 Å². The normalized spacial score (nSPS) is 35.9.